The van der Waals surface area contributed by atoms with Crippen LogP contribution in [0.3, 0.4) is 0 Å². The highest BCUT2D eigenvalue weighted by Crippen LogP contribution is 2.50. The van der Waals surface area contributed by atoms with Gasteiger partial charge in [0, 0.05) is 19.6 Å². The lowest BCUT2D eigenvalue weighted by atomic mass is 9.77. The smallest absolute Gasteiger partial charge is 0.233 e. The Morgan fingerprint density at radius 1 is 1.14 bits per heavy atom. The Kier molecular flexibility index (Phi) is 3.30. The molecular weight excluding hydrogens is 272 g/mol. The molecule has 3 heteroatoms. The molecule has 1 aromatic carbocycles. The van der Waals surface area contributed by atoms with Crippen LogP contribution in [-0.4, -0.2) is 37.0 Å². The van der Waals surface area contributed by atoms with Crippen molar-refractivity contribution in [3.8, 4) is 0 Å². The summed E-state index contributed by atoms with van der Waals surface area (Å²) in [6.45, 7) is 6.32. The molecular formula is C19H26N2O. The molecule has 0 unspecified atom stereocenters. The average Bonchev–Trinajstić information content (AvgIpc) is 3.24. The lowest BCUT2D eigenvalue weighted by molar-refractivity contribution is -0.136. The van der Waals surface area contributed by atoms with E-state index in [2.05, 4.69) is 41.4 Å². The standard InChI is InChI=1S/C19H26N2O/c1-15-3-2-4-16(13-15)19(5-6-19)17(22)21-11-8-18(9-12-21)7-10-20-14-18/h2-4,13,20H,5-12,14H2,1H3. The van der Waals surface area contributed by atoms with E-state index in [1.807, 2.05) is 0 Å². The number of amides is 1. The Bertz CT molecular complexity index is 575. The molecule has 3 nitrogen and oxygen atoms in total. The number of carbonyl (C=O) groups is 1. The summed E-state index contributed by atoms with van der Waals surface area (Å²) in [5.74, 6) is 0.388. The van der Waals surface area contributed by atoms with Crippen molar-refractivity contribution < 1.29 is 4.79 Å². The van der Waals surface area contributed by atoms with Gasteiger partial charge in [-0.05, 0) is 56.6 Å². The number of carbonyl (C=O) groups excluding carboxylic acids is 1. The molecule has 2 saturated heterocycles. The molecule has 4 rings (SSSR count). The van der Waals surface area contributed by atoms with E-state index in [0.29, 0.717) is 11.3 Å². The second kappa shape index (κ2) is 5.09. The third-order valence-electron chi connectivity index (χ3n) is 6.17. The molecule has 1 aliphatic carbocycles. The number of rotatable bonds is 2. The Balaban J connectivity index is 1.48. The molecule has 1 N–H and O–H groups in total. The minimum Gasteiger partial charge on any atom is -0.342 e. The molecule has 1 aromatic rings. The van der Waals surface area contributed by atoms with E-state index in [-0.39, 0.29) is 5.41 Å². The van der Waals surface area contributed by atoms with Gasteiger partial charge in [-0.15, -0.1) is 0 Å². The summed E-state index contributed by atoms with van der Waals surface area (Å²) in [4.78, 5) is 15.3. The Hall–Kier alpha value is -1.35. The number of nitrogens with zero attached hydrogens (tertiary/aromatic N) is 1. The van der Waals surface area contributed by atoms with Crippen molar-refractivity contribution in [3.63, 3.8) is 0 Å². The monoisotopic (exact) mass is 298 g/mol. The fraction of sp³-hybridized carbons (Fsp3) is 0.632. The maximum absolute atomic E-state index is 13.1. The quantitative estimate of drug-likeness (QED) is 0.910. The zero-order valence-electron chi connectivity index (χ0n) is 13.5. The first-order valence-electron chi connectivity index (χ1n) is 8.71. The van der Waals surface area contributed by atoms with Crippen LogP contribution in [0.15, 0.2) is 24.3 Å². The van der Waals surface area contributed by atoms with Crippen LogP contribution >= 0.6 is 0 Å². The molecule has 1 saturated carbocycles. The first kappa shape index (κ1) is 14.3. The van der Waals surface area contributed by atoms with Gasteiger partial charge in [0.05, 0.1) is 5.41 Å². The molecule has 0 atom stereocenters. The minimum absolute atomic E-state index is 0.190. The van der Waals surface area contributed by atoms with Gasteiger partial charge in [-0.25, -0.2) is 0 Å². The van der Waals surface area contributed by atoms with E-state index >= 15 is 0 Å². The summed E-state index contributed by atoms with van der Waals surface area (Å²) in [7, 11) is 0. The molecule has 0 radical (unpaired) electrons. The van der Waals surface area contributed by atoms with Crippen molar-refractivity contribution >= 4 is 5.91 Å². The predicted octanol–water partition coefficient (Wildman–Crippen LogP) is 2.63. The highest BCUT2D eigenvalue weighted by Gasteiger charge is 2.53. The Labute approximate surface area is 133 Å². The Morgan fingerprint density at radius 3 is 2.50 bits per heavy atom. The molecule has 1 spiro atoms. The largest absolute Gasteiger partial charge is 0.342 e. The van der Waals surface area contributed by atoms with Gasteiger partial charge < -0.3 is 10.2 Å². The average molecular weight is 298 g/mol. The normalized spacial score (nSPS) is 25.4. The fourth-order valence-corrected chi connectivity index (χ4v) is 4.40. The number of hydrogen-bond donors (Lipinski definition) is 1. The van der Waals surface area contributed by atoms with Crippen LogP contribution in [-0.2, 0) is 10.2 Å². The van der Waals surface area contributed by atoms with Gasteiger partial charge in [-0.3, -0.25) is 4.79 Å². The van der Waals surface area contributed by atoms with Gasteiger partial charge in [0.15, 0.2) is 0 Å². The van der Waals surface area contributed by atoms with Gasteiger partial charge >= 0.3 is 0 Å². The van der Waals surface area contributed by atoms with E-state index in [1.165, 1.54) is 30.4 Å². The lowest BCUT2D eigenvalue weighted by Crippen LogP contribution is -2.47. The lowest BCUT2D eigenvalue weighted by Gasteiger charge is -2.40. The highest BCUT2D eigenvalue weighted by atomic mass is 16.2. The van der Waals surface area contributed by atoms with E-state index in [9.17, 15) is 4.79 Å². The van der Waals surface area contributed by atoms with Gasteiger partial charge in [-0.2, -0.15) is 0 Å². The molecule has 3 aliphatic rings. The van der Waals surface area contributed by atoms with Gasteiger partial charge in [0.25, 0.3) is 0 Å². The fourth-order valence-electron chi connectivity index (χ4n) is 4.40. The zero-order chi connectivity index (χ0) is 15.2. The van der Waals surface area contributed by atoms with Crippen LogP contribution in [0.5, 0.6) is 0 Å². The van der Waals surface area contributed by atoms with Crippen LogP contribution in [0.1, 0.15) is 43.2 Å². The number of benzene rings is 1. The second-order valence-corrected chi connectivity index (χ2v) is 7.67. The second-order valence-electron chi connectivity index (χ2n) is 7.67. The SMILES string of the molecule is Cc1cccc(C2(C(=O)N3CCC4(CCNC4)CC3)CC2)c1. The van der Waals surface area contributed by atoms with Crippen molar-refractivity contribution in [3.05, 3.63) is 35.4 Å². The topological polar surface area (TPSA) is 32.3 Å². The summed E-state index contributed by atoms with van der Waals surface area (Å²) in [6, 6.07) is 8.55. The van der Waals surface area contributed by atoms with Crippen molar-refractivity contribution in [2.75, 3.05) is 26.2 Å². The molecule has 118 valence electrons. The third kappa shape index (κ3) is 2.26. The van der Waals surface area contributed by atoms with E-state index in [0.717, 1.165) is 39.0 Å². The van der Waals surface area contributed by atoms with Crippen LogP contribution in [0.25, 0.3) is 0 Å². The zero-order valence-corrected chi connectivity index (χ0v) is 13.5. The molecule has 3 fully saturated rings. The molecule has 2 heterocycles. The first-order chi connectivity index (χ1) is 10.6. The van der Waals surface area contributed by atoms with Crippen LogP contribution in [0.2, 0.25) is 0 Å². The van der Waals surface area contributed by atoms with Crippen molar-refractivity contribution in [2.24, 2.45) is 5.41 Å². The molecule has 0 bridgehead atoms. The molecule has 0 aromatic heterocycles. The number of piperidine rings is 1. The minimum atomic E-state index is -0.190. The van der Waals surface area contributed by atoms with E-state index in [1.54, 1.807) is 0 Å². The first-order valence-corrected chi connectivity index (χ1v) is 8.71. The number of likely N-dealkylation sites (tertiary alicyclic amines) is 1. The number of aryl methyl sites for hydroxylation is 1. The van der Waals surface area contributed by atoms with Gasteiger partial charge in [-0.1, -0.05) is 29.8 Å². The maximum Gasteiger partial charge on any atom is 0.233 e. The van der Waals surface area contributed by atoms with Crippen LogP contribution < -0.4 is 5.32 Å². The maximum atomic E-state index is 13.1. The van der Waals surface area contributed by atoms with Gasteiger partial charge in [0.1, 0.15) is 0 Å². The highest BCUT2D eigenvalue weighted by molar-refractivity contribution is 5.91. The summed E-state index contributed by atoms with van der Waals surface area (Å²) >= 11 is 0. The third-order valence-corrected chi connectivity index (χ3v) is 6.17. The van der Waals surface area contributed by atoms with Crippen LogP contribution in [0, 0.1) is 12.3 Å². The van der Waals surface area contributed by atoms with E-state index in [4.69, 9.17) is 0 Å². The number of hydrogen-bond acceptors (Lipinski definition) is 2. The van der Waals surface area contributed by atoms with Crippen molar-refractivity contribution in [1.29, 1.82) is 0 Å². The van der Waals surface area contributed by atoms with Crippen molar-refractivity contribution in [1.82, 2.24) is 10.2 Å². The van der Waals surface area contributed by atoms with Crippen LogP contribution in [0.4, 0.5) is 0 Å². The molecule has 1 amide bonds. The van der Waals surface area contributed by atoms with Crippen molar-refractivity contribution in [2.45, 2.75) is 44.4 Å². The summed E-state index contributed by atoms with van der Waals surface area (Å²) in [6.07, 6.45) is 5.69. The molecule has 22 heavy (non-hydrogen) atoms. The summed E-state index contributed by atoms with van der Waals surface area (Å²) < 4.78 is 0. The summed E-state index contributed by atoms with van der Waals surface area (Å²) in [5.41, 5.74) is 2.79. The predicted molar refractivity (Wildman–Crippen MR) is 87.8 cm³/mol. The Morgan fingerprint density at radius 2 is 1.91 bits per heavy atom. The number of nitrogens with one attached hydrogen (secondary N) is 1. The molecule has 2 aliphatic heterocycles. The summed E-state index contributed by atoms with van der Waals surface area (Å²) in [5, 5.41) is 3.50. The van der Waals surface area contributed by atoms with Gasteiger partial charge in [0.2, 0.25) is 5.91 Å². The van der Waals surface area contributed by atoms with E-state index < -0.39 is 0 Å².